The first kappa shape index (κ1) is 11.1. The third-order valence-corrected chi connectivity index (χ3v) is 5.69. The van der Waals surface area contributed by atoms with Crippen LogP contribution in [0.1, 0.15) is 0 Å². The highest BCUT2D eigenvalue weighted by molar-refractivity contribution is 14.1. The van der Waals surface area contributed by atoms with Crippen LogP contribution in [-0.4, -0.2) is 8.42 Å². The Balaban J connectivity index is 2.57. The predicted octanol–water partition coefficient (Wildman–Crippen LogP) is 3.19. The molecule has 78 valence electrons. The summed E-state index contributed by atoms with van der Waals surface area (Å²) in [7, 11) is -3.30. The number of sulfone groups is 1. The molecule has 0 radical (unpaired) electrons. The van der Waals surface area contributed by atoms with Gasteiger partial charge < -0.3 is 0 Å². The van der Waals surface area contributed by atoms with Crippen LogP contribution in [-0.2, 0) is 9.84 Å². The van der Waals surface area contributed by atoms with Crippen molar-refractivity contribution >= 4 is 43.8 Å². The summed E-state index contributed by atoms with van der Waals surface area (Å²) in [5.74, 6) is 0. The lowest BCUT2D eigenvalue weighted by atomic mass is 10.4. The summed E-state index contributed by atoms with van der Waals surface area (Å²) in [4.78, 5) is 0.358. The number of rotatable bonds is 2. The third-order valence-electron chi connectivity index (χ3n) is 1.87. The van der Waals surface area contributed by atoms with Crippen molar-refractivity contribution in [3.8, 4) is 0 Å². The summed E-state index contributed by atoms with van der Waals surface area (Å²) in [6.45, 7) is 0. The van der Waals surface area contributed by atoms with Gasteiger partial charge in [0.25, 0.3) is 0 Å². The fourth-order valence-corrected chi connectivity index (χ4v) is 4.36. The highest BCUT2D eigenvalue weighted by Gasteiger charge is 2.18. The predicted molar refractivity (Wildman–Crippen MR) is 68.9 cm³/mol. The smallest absolute Gasteiger partial charge is 0.215 e. The van der Waals surface area contributed by atoms with E-state index in [9.17, 15) is 8.42 Å². The summed E-state index contributed by atoms with van der Waals surface area (Å²) in [6, 6.07) is 10.3. The molecular weight excluding hydrogens is 343 g/mol. The molecular formula is C10H7IO2S2. The minimum Gasteiger partial charge on any atom is -0.218 e. The van der Waals surface area contributed by atoms with Gasteiger partial charge in [-0.05, 0) is 52.2 Å². The summed E-state index contributed by atoms with van der Waals surface area (Å²) in [5.41, 5.74) is 0. The van der Waals surface area contributed by atoms with Crippen LogP contribution >= 0.6 is 33.9 Å². The van der Waals surface area contributed by atoms with Gasteiger partial charge in [-0.3, -0.25) is 0 Å². The van der Waals surface area contributed by atoms with Crippen LogP contribution in [0, 0.1) is 3.57 Å². The Hall–Kier alpha value is -0.400. The molecule has 0 spiro atoms. The van der Waals surface area contributed by atoms with Gasteiger partial charge in [-0.1, -0.05) is 12.1 Å². The SMILES string of the molecule is O=S(=O)(c1cccc(I)c1)c1cccs1. The van der Waals surface area contributed by atoms with Crippen LogP contribution in [0.4, 0.5) is 0 Å². The lowest BCUT2D eigenvalue weighted by molar-refractivity contribution is 0.598. The van der Waals surface area contributed by atoms with E-state index in [1.807, 2.05) is 6.07 Å². The van der Waals surface area contributed by atoms with Crippen molar-refractivity contribution in [1.82, 2.24) is 0 Å². The largest absolute Gasteiger partial charge is 0.218 e. The Bertz CT molecular complexity index is 559. The molecule has 15 heavy (non-hydrogen) atoms. The molecule has 0 saturated carbocycles. The quantitative estimate of drug-likeness (QED) is 0.780. The number of benzene rings is 1. The molecule has 1 heterocycles. The molecule has 2 aromatic rings. The fourth-order valence-electron chi connectivity index (χ4n) is 1.17. The second-order valence-corrected chi connectivity index (χ2v) is 7.26. The van der Waals surface area contributed by atoms with Crippen molar-refractivity contribution in [3.63, 3.8) is 0 Å². The first-order chi connectivity index (χ1) is 7.10. The minimum absolute atomic E-state index is 0.358. The van der Waals surface area contributed by atoms with E-state index in [1.165, 1.54) is 11.3 Å². The summed E-state index contributed by atoms with van der Waals surface area (Å²) in [6.07, 6.45) is 0. The second kappa shape index (κ2) is 4.23. The Morgan fingerprint density at radius 3 is 2.53 bits per heavy atom. The van der Waals surface area contributed by atoms with E-state index < -0.39 is 9.84 Å². The third kappa shape index (κ3) is 2.24. The number of thiophene rings is 1. The average Bonchev–Trinajstić information content (AvgIpc) is 2.71. The fraction of sp³-hybridized carbons (Fsp3) is 0. The first-order valence-electron chi connectivity index (χ1n) is 4.15. The maximum atomic E-state index is 12.1. The van der Waals surface area contributed by atoms with Crippen molar-refractivity contribution in [2.45, 2.75) is 9.10 Å². The van der Waals surface area contributed by atoms with Crippen LogP contribution in [0.2, 0.25) is 0 Å². The monoisotopic (exact) mass is 350 g/mol. The summed E-state index contributed by atoms with van der Waals surface area (Å²) in [5, 5.41) is 1.76. The van der Waals surface area contributed by atoms with E-state index in [1.54, 1.807) is 35.7 Å². The van der Waals surface area contributed by atoms with Gasteiger partial charge in [0.2, 0.25) is 9.84 Å². The maximum Gasteiger partial charge on any atom is 0.215 e. The molecule has 1 aromatic carbocycles. The number of hydrogen-bond donors (Lipinski definition) is 0. The molecule has 0 saturated heterocycles. The molecule has 0 bridgehead atoms. The van der Waals surface area contributed by atoms with Crippen LogP contribution in [0.15, 0.2) is 50.9 Å². The zero-order valence-corrected chi connectivity index (χ0v) is 11.3. The molecule has 0 fully saturated rings. The van der Waals surface area contributed by atoms with E-state index in [-0.39, 0.29) is 0 Å². The van der Waals surface area contributed by atoms with Crippen molar-refractivity contribution in [3.05, 3.63) is 45.3 Å². The van der Waals surface area contributed by atoms with Gasteiger partial charge in [-0.2, -0.15) is 0 Å². The van der Waals surface area contributed by atoms with Crippen LogP contribution in [0.3, 0.4) is 0 Å². The van der Waals surface area contributed by atoms with Crippen molar-refractivity contribution in [1.29, 1.82) is 0 Å². The lowest BCUT2D eigenvalue weighted by Crippen LogP contribution is -1.99. The first-order valence-corrected chi connectivity index (χ1v) is 7.59. The Morgan fingerprint density at radius 2 is 1.93 bits per heavy atom. The molecule has 1 aromatic heterocycles. The lowest BCUT2D eigenvalue weighted by Gasteiger charge is -2.01. The highest BCUT2D eigenvalue weighted by Crippen LogP contribution is 2.25. The topological polar surface area (TPSA) is 34.1 Å². The zero-order chi connectivity index (χ0) is 10.9. The van der Waals surface area contributed by atoms with Gasteiger partial charge >= 0.3 is 0 Å². The Morgan fingerprint density at radius 1 is 1.13 bits per heavy atom. The van der Waals surface area contributed by atoms with Crippen LogP contribution < -0.4 is 0 Å². The van der Waals surface area contributed by atoms with E-state index in [0.717, 1.165) is 3.57 Å². The molecule has 2 rings (SSSR count). The zero-order valence-electron chi connectivity index (χ0n) is 7.55. The van der Waals surface area contributed by atoms with Gasteiger partial charge in [0.1, 0.15) is 4.21 Å². The van der Waals surface area contributed by atoms with E-state index in [2.05, 4.69) is 22.6 Å². The number of hydrogen-bond acceptors (Lipinski definition) is 3. The van der Waals surface area contributed by atoms with Crippen molar-refractivity contribution in [2.75, 3.05) is 0 Å². The number of halogens is 1. The molecule has 0 aliphatic heterocycles. The molecule has 0 amide bonds. The van der Waals surface area contributed by atoms with Gasteiger partial charge in [0.15, 0.2) is 0 Å². The minimum atomic E-state index is -3.30. The van der Waals surface area contributed by atoms with Crippen LogP contribution in [0.5, 0.6) is 0 Å². The maximum absolute atomic E-state index is 12.1. The molecule has 0 aliphatic carbocycles. The molecule has 0 N–H and O–H groups in total. The molecule has 5 heteroatoms. The van der Waals surface area contributed by atoms with E-state index in [0.29, 0.717) is 9.10 Å². The molecule has 0 unspecified atom stereocenters. The average molecular weight is 350 g/mol. The standard InChI is InChI=1S/C10H7IO2S2/c11-8-3-1-4-9(7-8)15(12,13)10-5-2-6-14-10/h1-7H. The van der Waals surface area contributed by atoms with Crippen molar-refractivity contribution in [2.24, 2.45) is 0 Å². The molecule has 2 nitrogen and oxygen atoms in total. The molecule has 0 atom stereocenters. The summed E-state index contributed by atoms with van der Waals surface area (Å²) < 4.78 is 25.4. The highest BCUT2D eigenvalue weighted by atomic mass is 127. The Kier molecular flexibility index (Phi) is 3.13. The second-order valence-electron chi connectivity index (χ2n) is 2.89. The van der Waals surface area contributed by atoms with Gasteiger partial charge in [0, 0.05) is 3.57 Å². The van der Waals surface area contributed by atoms with Crippen LogP contribution in [0.25, 0.3) is 0 Å². The van der Waals surface area contributed by atoms with Gasteiger partial charge in [0.05, 0.1) is 4.90 Å². The van der Waals surface area contributed by atoms with Gasteiger partial charge in [-0.25, -0.2) is 8.42 Å². The van der Waals surface area contributed by atoms with E-state index in [4.69, 9.17) is 0 Å². The van der Waals surface area contributed by atoms with Gasteiger partial charge in [-0.15, -0.1) is 11.3 Å². The Labute approximate surface area is 106 Å². The molecule has 0 aliphatic rings. The summed E-state index contributed by atoms with van der Waals surface area (Å²) >= 11 is 3.34. The van der Waals surface area contributed by atoms with Crippen molar-refractivity contribution < 1.29 is 8.42 Å². The van der Waals surface area contributed by atoms with E-state index >= 15 is 0 Å². The normalized spacial score (nSPS) is 11.5.